The van der Waals surface area contributed by atoms with Crippen molar-refractivity contribution >= 4 is 5.91 Å². The third-order valence-electron chi connectivity index (χ3n) is 5.25. The highest BCUT2D eigenvalue weighted by molar-refractivity contribution is 5.92. The quantitative estimate of drug-likeness (QED) is 0.378. The van der Waals surface area contributed by atoms with Gasteiger partial charge in [0.05, 0.1) is 18.1 Å². The maximum atomic E-state index is 15.5. The smallest absolute Gasteiger partial charge is 0.289 e. The molecule has 0 aliphatic heterocycles. The topological polar surface area (TPSA) is 75.1 Å². The first kappa shape index (κ1) is 20.0. The maximum Gasteiger partial charge on any atom is 0.434 e. The number of nitrogens with one attached hydrogen (secondary N) is 1. The second kappa shape index (κ2) is 7.17. The Morgan fingerprint density at radius 2 is 1.53 bits per heavy atom. The van der Waals surface area contributed by atoms with E-state index in [9.17, 15) is 18.0 Å². The highest BCUT2D eigenvalue weighted by Gasteiger charge is 2.72. The lowest BCUT2D eigenvalue weighted by molar-refractivity contribution is -0.141. The van der Waals surface area contributed by atoms with E-state index in [0.717, 1.165) is 6.20 Å². The van der Waals surface area contributed by atoms with Crippen LogP contribution in [0.25, 0.3) is 11.3 Å². The number of benzene rings is 2. The summed E-state index contributed by atoms with van der Waals surface area (Å²) in [5, 5.41) is 8.98. The Bertz CT molecular complexity index is 1060. The van der Waals surface area contributed by atoms with Gasteiger partial charge in [0.15, 0.2) is 5.69 Å². The van der Waals surface area contributed by atoms with Crippen molar-refractivity contribution in [1.82, 2.24) is 15.4 Å². The van der Waals surface area contributed by atoms with Crippen molar-refractivity contribution in [3.63, 3.8) is 0 Å². The van der Waals surface area contributed by atoms with Crippen molar-refractivity contribution in [3.05, 3.63) is 83.8 Å². The van der Waals surface area contributed by atoms with Crippen LogP contribution in [0.3, 0.4) is 0 Å². The zero-order chi connectivity index (χ0) is 21.5. The molecule has 0 radical (unpaired) electrons. The van der Waals surface area contributed by atoms with Crippen molar-refractivity contribution in [1.29, 1.82) is 0 Å². The fraction of sp³-hybridized carbons (Fsp3) is 0.190. The molecule has 1 amide bonds. The second-order valence-electron chi connectivity index (χ2n) is 6.98. The van der Waals surface area contributed by atoms with Gasteiger partial charge in [-0.15, -0.1) is 0 Å². The van der Waals surface area contributed by atoms with Crippen molar-refractivity contribution in [2.45, 2.75) is 23.7 Å². The molecular weight excluding hydrogens is 402 g/mol. The van der Waals surface area contributed by atoms with Gasteiger partial charge in [0.25, 0.3) is 5.91 Å². The minimum absolute atomic E-state index is 0.226. The SMILES string of the molecule is O=C(NO)[C@]1(F)[C@H](c2ccccc2)[C@H]1c1ccc(-c2cnc(C(F)(F)F)cn2)cc1. The first-order valence-corrected chi connectivity index (χ1v) is 8.94. The van der Waals surface area contributed by atoms with Crippen molar-refractivity contribution in [2.75, 3.05) is 0 Å². The number of carbonyl (C=O) groups excluding carboxylic acids is 1. The molecule has 3 atom stereocenters. The maximum absolute atomic E-state index is 15.5. The molecule has 5 nitrogen and oxygen atoms in total. The van der Waals surface area contributed by atoms with Crippen molar-refractivity contribution < 1.29 is 27.6 Å². The Labute approximate surface area is 168 Å². The predicted octanol–water partition coefficient (Wildman–Crippen LogP) is 4.26. The van der Waals surface area contributed by atoms with Gasteiger partial charge in [0.2, 0.25) is 5.67 Å². The second-order valence-corrected chi connectivity index (χ2v) is 6.98. The molecular formula is C21H15F4N3O2. The monoisotopic (exact) mass is 417 g/mol. The molecule has 4 rings (SSSR count). The highest BCUT2D eigenvalue weighted by atomic mass is 19.4. The van der Waals surface area contributed by atoms with Gasteiger partial charge in [0, 0.05) is 17.4 Å². The van der Waals surface area contributed by atoms with E-state index in [1.54, 1.807) is 54.6 Å². The lowest BCUT2D eigenvalue weighted by Crippen LogP contribution is -2.33. The van der Waals surface area contributed by atoms with Gasteiger partial charge < -0.3 is 0 Å². The lowest BCUT2D eigenvalue weighted by Gasteiger charge is -2.07. The van der Waals surface area contributed by atoms with E-state index >= 15 is 4.39 Å². The number of hydroxylamine groups is 1. The molecule has 1 aromatic heterocycles. The Hall–Kier alpha value is -3.33. The first-order chi connectivity index (χ1) is 14.3. The number of alkyl halides is 4. The normalized spacial score (nSPS) is 23.1. The van der Waals surface area contributed by atoms with E-state index in [1.165, 1.54) is 5.48 Å². The van der Waals surface area contributed by atoms with Crippen molar-refractivity contribution in [3.8, 4) is 11.3 Å². The Morgan fingerprint density at radius 3 is 2.03 bits per heavy atom. The summed E-state index contributed by atoms with van der Waals surface area (Å²) >= 11 is 0. The number of amides is 1. The Balaban J connectivity index is 1.62. The van der Waals surface area contributed by atoms with E-state index in [4.69, 9.17) is 5.21 Å². The van der Waals surface area contributed by atoms with Crippen LogP contribution in [-0.4, -0.2) is 26.8 Å². The van der Waals surface area contributed by atoms with E-state index < -0.39 is 35.3 Å². The average molecular weight is 417 g/mol. The van der Waals surface area contributed by atoms with Gasteiger partial charge in [-0.2, -0.15) is 13.2 Å². The van der Waals surface area contributed by atoms with Crippen LogP contribution < -0.4 is 5.48 Å². The molecule has 30 heavy (non-hydrogen) atoms. The summed E-state index contributed by atoms with van der Waals surface area (Å²) in [4.78, 5) is 19.2. The van der Waals surface area contributed by atoms with Crippen LogP contribution in [0.4, 0.5) is 17.6 Å². The summed E-state index contributed by atoms with van der Waals surface area (Å²) in [6, 6.07) is 15.0. The number of aromatic nitrogens is 2. The summed E-state index contributed by atoms with van der Waals surface area (Å²) in [5.41, 5.74) is -0.161. The number of rotatable bonds is 4. The molecule has 2 aromatic carbocycles. The molecule has 1 aliphatic carbocycles. The zero-order valence-corrected chi connectivity index (χ0v) is 15.3. The van der Waals surface area contributed by atoms with Gasteiger partial charge in [-0.25, -0.2) is 14.9 Å². The van der Waals surface area contributed by atoms with Gasteiger partial charge in [-0.05, 0) is 11.1 Å². The number of hydrogen-bond acceptors (Lipinski definition) is 4. The molecule has 0 unspecified atom stereocenters. The van der Waals surface area contributed by atoms with Crippen LogP contribution in [0.2, 0.25) is 0 Å². The minimum atomic E-state index is -4.58. The molecule has 0 saturated heterocycles. The van der Waals surface area contributed by atoms with Gasteiger partial charge >= 0.3 is 6.18 Å². The number of nitrogens with zero attached hydrogens (tertiary/aromatic N) is 2. The molecule has 0 bridgehead atoms. The third kappa shape index (κ3) is 3.30. The minimum Gasteiger partial charge on any atom is -0.289 e. The highest BCUT2D eigenvalue weighted by Crippen LogP contribution is 2.66. The van der Waals surface area contributed by atoms with E-state index in [1.807, 2.05) is 0 Å². The largest absolute Gasteiger partial charge is 0.434 e. The van der Waals surface area contributed by atoms with Crippen LogP contribution in [0.1, 0.15) is 28.7 Å². The standard InChI is InChI=1S/C21H15F4N3O2/c22-20(19(29)28-30)17(13-4-2-1-3-5-13)18(20)14-8-6-12(7-9-14)15-10-27-16(11-26-15)21(23,24)25/h1-11,17-18,30H,(H,28,29)/t17-,18-,20+/m1/s1. The summed E-state index contributed by atoms with van der Waals surface area (Å²) in [6.45, 7) is 0. The fourth-order valence-corrected chi connectivity index (χ4v) is 3.74. The number of hydrogen-bond donors (Lipinski definition) is 2. The van der Waals surface area contributed by atoms with E-state index in [0.29, 0.717) is 22.9 Å². The van der Waals surface area contributed by atoms with Crippen LogP contribution in [0.15, 0.2) is 67.0 Å². The fourth-order valence-electron chi connectivity index (χ4n) is 3.74. The van der Waals surface area contributed by atoms with Crippen molar-refractivity contribution in [2.24, 2.45) is 0 Å². The van der Waals surface area contributed by atoms with E-state index in [-0.39, 0.29) is 5.69 Å². The van der Waals surface area contributed by atoms with Crippen LogP contribution >= 0.6 is 0 Å². The number of carbonyl (C=O) groups is 1. The molecule has 9 heteroatoms. The third-order valence-corrected chi connectivity index (χ3v) is 5.25. The summed E-state index contributed by atoms with van der Waals surface area (Å²) < 4.78 is 53.4. The lowest BCUT2D eigenvalue weighted by atomic mass is 10.0. The van der Waals surface area contributed by atoms with E-state index in [2.05, 4.69) is 9.97 Å². The van der Waals surface area contributed by atoms with Gasteiger partial charge in [0.1, 0.15) is 0 Å². The zero-order valence-electron chi connectivity index (χ0n) is 15.3. The molecule has 2 N–H and O–H groups in total. The molecule has 0 spiro atoms. The summed E-state index contributed by atoms with van der Waals surface area (Å²) in [5.74, 6) is -2.72. The predicted molar refractivity (Wildman–Crippen MR) is 98.2 cm³/mol. The van der Waals surface area contributed by atoms with Gasteiger partial charge in [-0.3, -0.25) is 15.0 Å². The van der Waals surface area contributed by atoms with Crippen LogP contribution in [0.5, 0.6) is 0 Å². The molecule has 1 heterocycles. The number of halogens is 4. The molecule has 1 saturated carbocycles. The van der Waals surface area contributed by atoms with Crippen LogP contribution in [-0.2, 0) is 11.0 Å². The molecule has 1 fully saturated rings. The van der Waals surface area contributed by atoms with Crippen LogP contribution in [0, 0.1) is 0 Å². The first-order valence-electron chi connectivity index (χ1n) is 8.94. The molecule has 154 valence electrons. The average Bonchev–Trinajstić information content (AvgIpc) is 3.40. The Morgan fingerprint density at radius 1 is 0.933 bits per heavy atom. The Kier molecular flexibility index (Phi) is 4.77. The molecule has 1 aliphatic rings. The summed E-state index contributed by atoms with van der Waals surface area (Å²) in [7, 11) is 0. The van der Waals surface area contributed by atoms with Gasteiger partial charge in [-0.1, -0.05) is 54.6 Å². The molecule has 3 aromatic rings. The summed E-state index contributed by atoms with van der Waals surface area (Å²) in [6.07, 6.45) is -2.92.